The number of carbonyl (C=O) groups excluding carboxylic acids is 1. The highest BCUT2D eigenvalue weighted by atomic mass is 16.2. The predicted molar refractivity (Wildman–Crippen MR) is 95.6 cm³/mol. The number of likely N-dealkylation sites (N-methyl/N-ethyl adjacent to an activating group) is 1. The van der Waals surface area contributed by atoms with Crippen LogP contribution in [0.4, 0.5) is 0 Å². The molecule has 0 aromatic carbocycles. The van der Waals surface area contributed by atoms with Gasteiger partial charge in [-0.15, -0.1) is 0 Å². The summed E-state index contributed by atoms with van der Waals surface area (Å²) in [5, 5.41) is 6.94. The van der Waals surface area contributed by atoms with Crippen LogP contribution < -0.4 is 10.6 Å². The lowest BCUT2D eigenvalue weighted by Crippen LogP contribution is -2.43. The van der Waals surface area contributed by atoms with E-state index in [2.05, 4.69) is 15.6 Å². The lowest BCUT2D eigenvalue weighted by Gasteiger charge is -2.18. The molecule has 2 aliphatic rings. The first kappa shape index (κ1) is 18.1. The van der Waals surface area contributed by atoms with E-state index in [-0.39, 0.29) is 12.5 Å². The van der Waals surface area contributed by atoms with Crippen molar-refractivity contribution in [1.82, 2.24) is 15.5 Å². The molecular weight excluding hydrogens is 288 g/mol. The molecule has 2 rings (SSSR count). The Balaban J connectivity index is 1.74. The molecular formula is C18H34N4O. The predicted octanol–water partition coefficient (Wildman–Crippen LogP) is 2.52. The summed E-state index contributed by atoms with van der Waals surface area (Å²) in [6.45, 7) is 1.17. The average molecular weight is 322 g/mol. The molecule has 0 unspecified atom stereocenters. The van der Waals surface area contributed by atoms with Crippen molar-refractivity contribution in [2.45, 2.75) is 70.3 Å². The van der Waals surface area contributed by atoms with Gasteiger partial charge >= 0.3 is 0 Å². The third-order valence-electron chi connectivity index (χ3n) is 5.12. The van der Waals surface area contributed by atoms with E-state index in [1.165, 1.54) is 64.2 Å². The van der Waals surface area contributed by atoms with Crippen LogP contribution in [0.15, 0.2) is 4.99 Å². The highest BCUT2D eigenvalue weighted by Gasteiger charge is 2.17. The van der Waals surface area contributed by atoms with Crippen LogP contribution in [0.1, 0.15) is 64.2 Å². The van der Waals surface area contributed by atoms with Gasteiger partial charge in [0.05, 0.1) is 0 Å². The first-order valence-electron chi connectivity index (χ1n) is 9.40. The fourth-order valence-corrected chi connectivity index (χ4v) is 3.60. The summed E-state index contributed by atoms with van der Waals surface area (Å²) in [6, 6.07) is 0.519. The molecule has 2 aliphatic carbocycles. The molecule has 2 N–H and O–H groups in total. The minimum absolute atomic E-state index is 0.0449. The highest BCUT2D eigenvalue weighted by molar-refractivity contribution is 5.84. The van der Waals surface area contributed by atoms with Gasteiger partial charge in [-0.2, -0.15) is 0 Å². The van der Waals surface area contributed by atoms with Crippen LogP contribution in [-0.4, -0.2) is 50.0 Å². The largest absolute Gasteiger partial charge is 0.356 e. The number of amides is 1. The van der Waals surface area contributed by atoms with Crippen molar-refractivity contribution in [3.8, 4) is 0 Å². The molecule has 0 aliphatic heterocycles. The third kappa shape index (κ3) is 6.80. The summed E-state index contributed by atoms with van der Waals surface area (Å²) in [5.41, 5.74) is 0. The van der Waals surface area contributed by atoms with E-state index in [1.54, 1.807) is 19.0 Å². The zero-order valence-corrected chi connectivity index (χ0v) is 14.9. The molecule has 5 heteroatoms. The average Bonchev–Trinajstić information content (AvgIpc) is 3.21. The summed E-state index contributed by atoms with van der Waals surface area (Å²) in [7, 11) is 3.55. The van der Waals surface area contributed by atoms with E-state index in [9.17, 15) is 4.79 Å². The summed E-state index contributed by atoms with van der Waals surface area (Å²) < 4.78 is 0. The van der Waals surface area contributed by atoms with Gasteiger partial charge in [0.1, 0.15) is 6.54 Å². The van der Waals surface area contributed by atoms with Crippen LogP contribution in [0.3, 0.4) is 0 Å². The summed E-state index contributed by atoms with van der Waals surface area (Å²) >= 11 is 0. The van der Waals surface area contributed by atoms with Crippen molar-refractivity contribution in [2.75, 3.05) is 27.2 Å². The number of nitrogens with one attached hydrogen (secondary N) is 2. The van der Waals surface area contributed by atoms with Gasteiger partial charge in [0.2, 0.25) is 5.91 Å². The fourth-order valence-electron chi connectivity index (χ4n) is 3.60. The first-order valence-corrected chi connectivity index (χ1v) is 9.40. The molecule has 23 heavy (non-hydrogen) atoms. The van der Waals surface area contributed by atoms with Crippen molar-refractivity contribution in [3.63, 3.8) is 0 Å². The van der Waals surface area contributed by atoms with Gasteiger partial charge in [-0.25, -0.2) is 4.99 Å². The van der Waals surface area contributed by atoms with Gasteiger partial charge in [0.25, 0.3) is 0 Å². The molecule has 0 spiro atoms. The number of rotatable bonds is 7. The smallest absolute Gasteiger partial charge is 0.243 e. The maximum absolute atomic E-state index is 11.8. The van der Waals surface area contributed by atoms with E-state index in [4.69, 9.17) is 0 Å². The van der Waals surface area contributed by atoms with E-state index < -0.39 is 0 Å². The molecule has 2 saturated carbocycles. The number of guanidine groups is 1. The Morgan fingerprint density at radius 2 is 1.74 bits per heavy atom. The lowest BCUT2D eigenvalue weighted by molar-refractivity contribution is -0.127. The number of aliphatic imine (C=N–C) groups is 1. The van der Waals surface area contributed by atoms with Gasteiger partial charge in [-0.3, -0.25) is 4.79 Å². The Bertz CT molecular complexity index is 382. The quantitative estimate of drug-likeness (QED) is 0.430. The van der Waals surface area contributed by atoms with Crippen LogP contribution in [0.25, 0.3) is 0 Å². The van der Waals surface area contributed by atoms with Crippen LogP contribution in [0.2, 0.25) is 0 Å². The van der Waals surface area contributed by atoms with E-state index in [0.717, 1.165) is 18.4 Å². The van der Waals surface area contributed by atoms with Crippen molar-refractivity contribution in [3.05, 3.63) is 0 Å². The molecule has 132 valence electrons. The number of hydrogen-bond donors (Lipinski definition) is 2. The highest BCUT2D eigenvalue weighted by Crippen LogP contribution is 2.28. The van der Waals surface area contributed by atoms with Crippen LogP contribution >= 0.6 is 0 Å². The molecule has 0 aromatic heterocycles. The second kappa shape index (κ2) is 9.78. The summed E-state index contributed by atoms with van der Waals surface area (Å²) in [6.07, 6.45) is 13.2. The van der Waals surface area contributed by atoms with Gasteiger partial charge < -0.3 is 15.5 Å². The normalized spacial score (nSPS) is 20.0. The Morgan fingerprint density at radius 3 is 2.39 bits per heavy atom. The topological polar surface area (TPSA) is 56.7 Å². The molecule has 5 nitrogen and oxygen atoms in total. The molecule has 2 fully saturated rings. The van der Waals surface area contributed by atoms with E-state index in [0.29, 0.717) is 6.04 Å². The minimum atomic E-state index is 0.0449. The standard InChI is InChI=1S/C18H34N4O/c1-22(2)17(23)14-20-18(21-16-11-5-6-12-16)19-13-7-10-15-8-3-4-9-15/h15-16H,3-14H2,1-2H3,(H2,19,20,21). The molecule has 0 radical (unpaired) electrons. The van der Waals surface area contributed by atoms with Crippen LogP contribution in [-0.2, 0) is 4.79 Å². The molecule has 0 aromatic rings. The third-order valence-corrected chi connectivity index (χ3v) is 5.12. The Morgan fingerprint density at radius 1 is 1.09 bits per heavy atom. The zero-order valence-electron chi connectivity index (χ0n) is 14.9. The number of nitrogens with zero attached hydrogens (tertiary/aromatic N) is 2. The van der Waals surface area contributed by atoms with Crippen molar-refractivity contribution >= 4 is 11.9 Å². The van der Waals surface area contributed by atoms with Crippen molar-refractivity contribution < 1.29 is 4.79 Å². The SMILES string of the molecule is CN(C)C(=O)CN=C(NCCCC1CCCC1)NC1CCCC1. The van der Waals surface area contributed by atoms with Crippen molar-refractivity contribution in [2.24, 2.45) is 10.9 Å². The van der Waals surface area contributed by atoms with Gasteiger partial charge in [-0.1, -0.05) is 38.5 Å². The van der Waals surface area contributed by atoms with Crippen LogP contribution in [0.5, 0.6) is 0 Å². The fraction of sp³-hybridized carbons (Fsp3) is 0.889. The minimum Gasteiger partial charge on any atom is -0.356 e. The van der Waals surface area contributed by atoms with Gasteiger partial charge in [-0.05, 0) is 31.6 Å². The summed E-state index contributed by atoms with van der Waals surface area (Å²) in [5.74, 6) is 1.80. The second-order valence-electron chi connectivity index (χ2n) is 7.30. The Labute approximate surface area is 141 Å². The molecule has 0 heterocycles. The molecule has 1 amide bonds. The van der Waals surface area contributed by atoms with Gasteiger partial charge in [0.15, 0.2) is 5.96 Å². The van der Waals surface area contributed by atoms with Crippen LogP contribution in [0, 0.1) is 5.92 Å². The number of carbonyl (C=O) groups is 1. The molecule has 0 bridgehead atoms. The Hall–Kier alpha value is -1.26. The maximum Gasteiger partial charge on any atom is 0.243 e. The van der Waals surface area contributed by atoms with E-state index >= 15 is 0 Å². The number of hydrogen-bond acceptors (Lipinski definition) is 2. The Kier molecular flexibility index (Phi) is 7.69. The monoisotopic (exact) mass is 322 g/mol. The van der Waals surface area contributed by atoms with E-state index in [1.807, 2.05) is 0 Å². The second-order valence-corrected chi connectivity index (χ2v) is 7.30. The lowest BCUT2D eigenvalue weighted by atomic mass is 10.0. The first-order chi connectivity index (χ1) is 11.1. The zero-order chi connectivity index (χ0) is 16.5. The summed E-state index contributed by atoms with van der Waals surface area (Å²) in [4.78, 5) is 17.8. The van der Waals surface area contributed by atoms with Crippen molar-refractivity contribution in [1.29, 1.82) is 0 Å². The van der Waals surface area contributed by atoms with Gasteiger partial charge in [0, 0.05) is 26.7 Å². The molecule has 0 atom stereocenters. The maximum atomic E-state index is 11.8. The molecule has 0 saturated heterocycles.